The first-order chi connectivity index (χ1) is 16.4. The van der Waals surface area contributed by atoms with Gasteiger partial charge in [-0.15, -0.1) is 0 Å². The highest BCUT2D eigenvalue weighted by molar-refractivity contribution is 5.78. The average Bonchev–Trinajstić information content (AvgIpc) is 2.84. The van der Waals surface area contributed by atoms with Crippen LogP contribution in [0.5, 0.6) is 0 Å². The largest absolute Gasteiger partial charge is 0.340 e. The van der Waals surface area contributed by atoms with Crippen molar-refractivity contribution in [3.05, 3.63) is 107 Å². The van der Waals surface area contributed by atoms with E-state index in [1.54, 1.807) is 29.2 Å². The Morgan fingerprint density at radius 1 is 0.853 bits per heavy atom. The van der Waals surface area contributed by atoms with Crippen LogP contribution in [0.3, 0.4) is 0 Å². The van der Waals surface area contributed by atoms with Gasteiger partial charge in [-0.1, -0.05) is 48.5 Å². The van der Waals surface area contributed by atoms with E-state index in [0.29, 0.717) is 13.1 Å². The molecule has 0 N–H and O–H groups in total. The Labute approximate surface area is 200 Å². The summed E-state index contributed by atoms with van der Waals surface area (Å²) in [5, 5.41) is 0. The molecule has 0 spiro atoms. The highest BCUT2D eigenvalue weighted by Crippen LogP contribution is 2.30. The minimum atomic E-state index is -0.278. The second-order valence-corrected chi connectivity index (χ2v) is 8.99. The van der Waals surface area contributed by atoms with E-state index in [1.807, 2.05) is 19.2 Å². The summed E-state index contributed by atoms with van der Waals surface area (Å²) in [4.78, 5) is 19.1. The van der Waals surface area contributed by atoms with Crippen molar-refractivity contribution < 1.29 is 13.6 Å². The number of carbonyl (C=O) groups is 1. The van der Waals surface area contributed by atoms with Crippen molar-refractivity contribution in [2.24, 2.45) is 0 Å². The standard InChI is InChI=1S/C28H31F2N3O/c1-21-5-3-4-6-24(21)19-31(2)27(34)20-32-15-17-33(18-16-32)28(22-7-11-25(29)12-8-22)23-9-13-26(30)14-10-23/h3-14,28H,15-20H2,1-2H3. The maximum Gasteiger partial charge on any atom is 0.236 e. The number of amides is 1. The third-order valence-corrected chi connectivity index (χ3v) is 6.60. The normalized spacial score (nSPS) is 15.0. The minimum absolute atomic E-state index is 0.0946. The van der Waals surface area contributed by atoms with Gasteiger partial charge in [0.25, 0.3) is 0 Å². The zero-order valence-electron chi connectivity index (χ0n) is 19.8. The fraction of sp³-hybridized carbons (Fsp3) is 0.321. The lowest BCUT2D eigenvalue weighted by Gasteiger charge is -2.40. The molecule has 1 fully saturated rings. The first-order valence-corrected chi connectivity index (χ1v) is 11.7. The molecule has 6 heteroatoms. The molecule has 0 aromatic heterocycles. The molecule has 1 aliphatic rings. The van der Waals surface area contributed by atoms with Crippen molar-refractivity contribution in [3.8, 4) is 0 Å². The SMILES string of the molecule is Cc1ccccc1CN(C)C(=O)CN1CCN(C(c2ccc(F)cc2)c2ccc(F)cc2)CC1. The molecule has 0 radical (unpaired) electrons. The minimum Gasteiger partial charge on any atom is -0.340 e. The van der Waals surface area contributed by atoms with Gasteiger partial charge in [-0.25, -0.2) is 8.78 Å². The Hall–Kier alpha value is -3.09. The van der Waals surface area contributed by atoms with Crippen LogP contribution < -0.4 is 0 Å². The fourth-order valence-electron chi connectivity index (χ4n) is 4.53. The number of nitrogens with zero attached hydrogens (tertiary/aromatic N) is 3. The number of hydrogen-bond donors (Lipinski definition) is 0. The first-order valence-electron chi connectivity index (χ1n) is 11.7. The van der Waals surface area contributed by atoms with Crippen molar-refractivity contribution in [3.63, 3.8) is 0 Å². The molecular weight excluding hydrogens is 432 g/mol. The molecule has 3 aromatic carbocycles. The Bertz CT molecular complexity index is 1050. The quantitative estimate of drug-likeness (QED) is 0.511. The molecule has 0 atom stereocenters. The summed E-state index contributed by atoms with van der Waals surface area (Å²) < 4.78 is 27.1. The van der Waals surface area contributed by atoms with Gasteiger partial charge >= 0.3 is 0 Å². The highest BCUT2D eigenvalue weighted by atomic mass is 19.1. The monoisotopic (exact) mass is 463 g/mol. The van der Waals surface area contributed by atoms with Crippen LogP contribution in [-0.4, -0.2) is 60.4 Å². The van der Waals surface area contributed by atoms with Crippen LogP contribution in [0.25, 0.3) is 0 Å². The molecule has 1 saturated heterocycles. The third-order valence-electron chi connectivity index (χ3n) is 6.60. The number of aryl methyl sites for hydroxylation is 1. The predicted octanol–water partition coefficient (Wildman–Crippen LogP) is 4.64. The number of halogens is 2. The van der Waals surface area contributed by atoms with Gasteiger partial charge in [0.05, 0.1) is 12.6 Å². The maximum absolute atomic E-state index is 13.5. The molecule has 1 aliphatic heterocycles. The van der Waals surface area contributed by atoms with E-state index in [4.69, 9.17) is 0 Å². The summed E-state index contributed by atoms with van der Waals surface area (Å²) in [6.45, 7) is 6.07. The highest BCUT2D eigenvalue weighted by Gasteiger charge is 2.27. The molecule has 0 bridgehead atoms. The van der Waals surface area contributed by atoms with Gasteiger partial charge < -0.3 is 4.90 Å². The summed E-state index contributed by atoms with van der Waals surface area (Å²) >= 11 is 0. The van der Waals surface area contributed by atoms with E-state index >= 15 is 0 Å². The van der Waals surface area contributed by atoms with Crippen LogP contribution in [0.4, 0.5) is 8.78 Å². The van der Waals surface area contributed by atoms with Crippen molar-refractivity contribution in [1.82, 2.24) is 14.7 Å². The average molecular weight is 464 g/mol. The number of piperazine rings is 1. The van der Waals surface area contributed by atoms with Gasteiger partial charge in [-0.3, -0.25) is 14.6 Å². The van der Waals surface area contributed by atoms with Gasteiger partial charge in [0.15, 0.2) is 0 Å². The molecule has 0 unspecified atom stereocenters. The Morgan fingerprint density at radius 2 is 1.38 bits per heavy atom. The first kappa shape index (κ1) is 24.0. The van der Waals surface area contributed by atoms with Crippen molar-refractivity contribution in [2.45, 2.75) is 19.5 Å². The number of hydrogen-bond acceptors (Lipinski definition) is 3. The second kappa shape index (κ2) is 10.9. The van der Waals surface area contributed by atoms with Crippen molar-refractivity contribution >= 4 is 5.91 Å². The maximum atomic E-state index is 13.5. The van der Waals surface area contributed by atoms with Gasteiger partial charge in [-0.05, 0) is 53.4 Å². The molecule has 0 saturated carbocycles. The van der Waals surface area contributed by atoms with Crippen LogP contribution in [0.2, 0.25) is 0 Å². The number of carbonyl (C=O) groups excluding carboxylic acids is 1. The van der Waals surface area contributed by atoms with E-state index in [-0.39, 0.29) is 23.6 Å². The topological polar surface area (TPSA) is 26.8 Å². The smallest absolute Gasteiger partial charge is 0.236 e. The van der Waals surface area contributed by atoms with E-state index in [1.165, 1.54) is 29.8 Å². The Morgan fingerprint density at radius 3 is 1.91 bits per heavy atom. The van der Waals surface area contributed by atoms with Gasteiger partial charge in [0.1, 0.15) is 11.6 Å². The van der Waals surface area contributed by atoms with E-state index < -0.39 is 0 Å². The van der Waals surface area contributed by atoms with Crippen LogP contribution in [-0.2, 0) is 11.3 Å². The summed E-state index contributed by atoms with van der Waals surface area (Å²) in [5.41, 5.74) is 4.28. The molecule has 34 heavy (non-hydrogen) atoms. The van der Waals surface area contributed by atoms with Crippen molar-refractivity contribution in [1.29, 1.82) is 0 Å². The van der Waals surface area contributed by atoms with E-state index in [0.717, 1.165) is 42.9 Å². The lowest BCUT2D eigenvalue weighted by molar-refractivity contribution is -0.132. The summed E-state index contributed by atoms with van der Waals surface area (Å²) in [6.07, 6.45) is 0. The van der Waals surface area contributed by atoms with Crippen LogP contribution >= 0.6 is 0 Å². The number of likely N-dealkylation sites (N-methyl/N-ethyl adjacent to an activating group) is 1. The Kier molecular flexibility index (Phi) is 7.70. The zero-order valence-corrected chi connectivity index (χ0v) is 19.8. The van der Waals surface area contributed by atoms with Gasteiger partial charge in [0.2, 0.25) is 5.91 Å². The fourth-order valence-corrected chi connectivity index (χ4v) is 4.53. The van der Waals surface area contributed by atoms with Gasteiger partial charge in [0, 0.05) is 39.8 Å². The van der Waals surface area contributed by atoms with Crippen molar-refractivity contribution in [2.75, 3.05) is 39.8 Å². The van der Waals surface area contributed by atoms with E-state index in [2.05, 4.69) is 28.9 Å². The summed E-state index contributed by atoms with van der Waals surface area (Å²) in [5.74, 6) is -0.454. The lowest BCUT2D eigenvalue weighted by Crippen LogP contribution is -2.50. The molecule has 0 aliphatic carbocycles. The second-order valence-electron chi connectivity index (χ2n) is 8.99. The molecule has 3 aromatic rings. The van der Waals surface area contributed by atoms with E-state index in [9.17, 15) is 13.6 Å². The number of rotatable bonds is 7. The lowest BCUT2D eigenvalue weighted by atomic mass is 9.96. The number of benzene rings is 3. The summed E-state index contributed by atoms with van der Waals surface area (Å²) in [6, 6.07) is 21.0. The molecule has 1 amide bonds. The molecule has 4 nitrogen and oxygen atoms in total. The molecule has 4 rings (SSSR count). The van der Waals surface area contributed by atoms with Crippen LogP contribution in [0.15, 0.2) is 72.8 Å². The zero-order chi connectivity index (χ0) is 24.1. The molecular formula is C28H31F2N3O. The third kappa shape index (κ3) is 5.88. The molecule has 1 heterocycles. The van der Waals surface area contributed by atoms with Gasteiger partial charge in [-0.2, -0.15) is 0 Å². The molecule has 178 valence electrons. The Balaban J connectivity index is 1.39. The van der Waals surface area contributed by atoms with Crippen LogP contribution in [0.1, 0.15) is 28.3 Å². The predicted molar refractivity (Wildman–Crippen MR) is 130 cm³/mol. The van der Waals surface area contributed by atoms with Crippen LogP contribution in [0, 0.1) is 18.6 Å². The summed E-state index contributed by atoms with van der Waals surface area (Å²) in [7, 11) is 1.85.